The molecule has 0 unspecified atom stereocenters. The van der Waals surface area contributed by atoms with Crippen molar-refractivity contribution < 1.29 is 9.59 Å². The third kappa shape index (κ3) is 2.77. The Bertz CT molecular complexity index is 774. The van der Waals surface area contributed by atoms with Crippen LogP contribution in [0.4, 0.5) is 11.6 Å². The van der Waals surface area contributed by atoms with Crippen LogP contribution in [0.25, 0.3) is 0 Å². The molecule has 114 valence electrons. The first-order valence-electron chi connectivity index (χ1n) is 6.43. The molecule has 0 aliphatic carbocycles. The molecule has 9 heteroatoms. The fourth-order valence-corrected chi connectivity index (χ4v) is 2.52. The molecule has 2 amide bonds. The second kappa shape index (κ2) is 5.58. The fourth-order valence-electron chi connectivity index (χ4n) is 2.19. The number of hydrogen-bond acceptors (Lipinski definition) is 4. The Hall–Kier alpha value is -2.12. The summed E-state index contributed by atoms with van der Waals surface area (Å²) in [6.07, 6.45) is -0.0789. The van der Waals surface area contributed by atoms with E-state index in [-0.39, 0.29) is 18.2 Å². The zero-order valence-corrected chi connectivity index (χ0v) is 12.9. The molecule has 0 spiro atoms. The van der Waals surface area contributed by atoms with Crippen molar-refractivity contribution in [3.05, 3.63) is 34.1 Å². The van der Waals surface area contributed by atoms with Gasteiger partial charge < -0.3 is 5.32 Å². The molecule has 0 saturated heterocycles. The second-order valence-electron chi connectivity index (χ2n) is 4.81. The Balaban J connectivity index is 1.74. The van der Waals surface area contributed by atoms with Gasteiger partial charge in [-0.05, 0) is 25.1 Å². The maximum atomic E-state index is 12.1. The lowest BCUT2D eigenvalue weighted by Gasteiger charge is -2.11. The summed E-state index contributed by atoms with van der Waals surface area (Å²) in [5.41, 5.74) is 0.396. The average Bonchev–Trinajstić information content (AvgIpc) is 2.92. The molecule has 22 heavy (non-hydrogen) atoms. The standard InChI is InChI=1S/C13H11Cl2N5O2/c1-6-16-13-18-12(22)10(20(13)19-6)5-11(21)17-9-4-7(14)2-3-8(9)15/h2-4,10H,5H2,1H3,(H,17,21)(H,16,18,19,22)/t10-/m1/s1. The van der Waals surface area contributed by atoms with Gasteiger partial charge >= 0.3 is 0 Å². The van der Waals surface area contributed by atoms with Gasteiger partial charge in [0.05, 0.1) is 17.1 Å². The summed E-state index contributed by atoms with van der Waals surface area (Å²) >= 11 is 11.9. The predicted molar refractivity (Wildman–Crippen MR) is 82.1 cm³/mol. The molecular weight excluding hydrogens is 329 g/mol. The molecule has 0 radical (unpaired) electrons. The van der Waals surface area contributed by atoms with E-state index in [1.165, 1.54) is 4.68 Å². The molecule has 0 bridgehead atoms. The highest BCUT2D eigenvalue weighted by Gasteiger charge is 2.34. The summed E-state index contributed by atoms with van der Waals surface area (Å²) in [6, 6.07) is 4.02. The molecule has 2 aromatic rings. The van der Waals surface area contributed by atoms with Crippen molar-refractivity contribution in [1.82, 2.24) is 14.8 Å². The van der Waals surface area contributed by atoms with Crippen LogP contribution in [0.5, 0.6) is 0 Å². The van der Waals surface area contributed by atoms with Crippen molar-refractivity contribution in [3.8, 4) is 0 Å². The Morgan fingerprint density at radius 1 is 1.45 bits per heavy atom. The van der Waals surface area contributed by atoms with Crippen LogP contribution in [0.2, 0.25) is 10.0 Å². The van der Waals surface area contributed by atoms with Crippen LogP contribution in [0.15, 0.2) is 18.2 Å². The van der Waals surface area contributed by atoms with Crippen LogP contribution in [-0.4, -0.2) is 26.6 Å². The number of aryl methyl sites for hydroxylation is 1. The summed E-state index contributed by atoms with van der Waals surface area (Å²) in [5, 5.41) is 10.1. The van der Waals surface area contributed by atoms with Gasteiger partial charge in [-0.1, -0.05) is 23.2 Å². The number of hydrogen-bond donors (Lipinski definition) is 2. The Labute approximate surface area is 135 Å². The van der Waals surface area contributed by atoms with Crippen LogP contribution < -0.4 is 10.6 Å². The van der Waals surface area contributed by atoms with Gasteiger partial charge in [-0.2, -0.15) is 10.1 Å². The third-order valence-corrected chi connectivity index (χ3v) is 3.72. The normalized spacial score (nSPS) is 16.3. The van der Waals surface area contributed by atoms with Gasteiger partial charge in [-0.3, -0.25) is 14.9 Å². The van der Waals surface area contributed by atoms with Crippen molar-refractivity contribution in [3.63, 3.8) is 0 Å². The smallest absolute Gasteiger partial charge is 0.252 e. The Morgan fingerprint density at radius 2 is 2.23 bits per heavy atom. The lowest BCUT2D eigenvalue weighted by atomic mass is 10.2. The maximum absolute atomic E-state index is 12.1. The third-order valence-electron chi connectivity index (χ3n) is 3.15. The van der Waals surface area contributed by atoms with Crippen molar-refractivity contribution >= 4 is 46.7 Å². The van der Waals surface area contributed by atoms with Crippen molar-refractivity contribution in [2.75, 3.05) is 10.6 Å². The van der Waals surface area contributed by atoms with Gasteiger partial charge in [0.1, 0.15) is 11.9 Å². The summed E-state index contributed by atoms with van der Waals surface area (Å²) in [6.45, 7) is 1.71. The van der Waals surface area contributed by atoms with E-state index in [0.717, 1.165) is 0 Å². The number of fused-ring (bicyclic) bond motifs is 1. The first-order valence-corrected chi connectivity index (χ1v) is 7.18. The van der Waals surface area contributed by atoms with Gasteiger partial charge in [0, 0.05) is 5.02 Å². The first-order chi connectivity index (χ1) is 10.4. The molecule has 1 aromatic heterocycles. The van der Waals surface area contributed by atoms with E-state index in [0.29, 0.717) is 27.5 Å². The van der Waals surface area contributed by atoms with Gasteiger partial charge in [0.25, 0.3) is 5.91 Å². The van der Waals surface area contributed by atoms with E-state index >= 15 is 0 Å². The fraction of sp³-hybridized carbons (Fsp3) is 0.231. The van der Waals surface area contributed by atoms with Crippen LogP contribution in [0, 0.1) is 6.92 Å². The summed E-state index contributed by atoms with van der Waals surface area (Å²) in [7, 11) is 0. The summed E-state index contributed by atoms with van der Waals surface area (Å²) in [4.78, 5) is 28.1. The van der Waals surface area contributed by atoms with E-state index in [2.05, 4.69) is 20.7 Å². The lowest BCUT2D eigenvalue weighted by molar-refractivity contribution is -0.123. The second-order valence-corrected chi connectivity index (χ2v) is 5.65. The highest BCUT2D eigenvalue weighted by molar-refractivity contribution is 6.35. The number of carbonyl (C=O) groups excluding carboxylic acids is 2. The number of carbonyl (C=O) groups is 2. The molecule has 7 nitrogen and oxygen atoms in total. The Kier molecular flexibility index (Phi) is 3.76. The van der Waals surface area contributed by atoms with Gasteiger partial charge in [0.2, 0.25) is 11.9 Å². The number of nitrogens with zero attached hydrogens (tertiary/aromatic N) is 3. The summed E-state index contributed by atoms with van der Waals surface area (Å²) in [5.74, 6) is 0.187. The van der Waals surface area contributed by atoms with E-state index in [9.17, 15) is 9.59 Å². The van der Waals surface area contributed by atoms with Gasteiger partial charge in [0.15, 0.2) is 0 Å². The molecule has 2 N–H and O–H groups in total. The average molecular weight is 340 g/mol. The number of amides is 2. The number of halogens is 2. The molecular formula is C13H11Cl2N5O2. The maximum Gasteiger partial charge on any atom is 0.252 e. The molecule has 1 aromatic carbocycles. The number of rotatable bonds is 3. The number of benzene rings is 1. The van der Waals surface area contributed by atoms with Crippen LogP contribution in [0.1, 0.15) is 18.3 Å². The van der Waals surface area contributed by atoms with Gasteiger partial charge in [-0.25, -0.2) is 4.68 Å². The SMILES string of the molecule is Cc1nc2n(n1)[C@H](CC(=O)Nc1cc(Cl)ccc1Cl)C(=O)N2. The van der Waals surface area contributed by atoms with Crippen molar-refractivity contribution in [1.29, 1.82) is 0 Å². The van der Waals surface area contributed by atoms with E-state index in [1.54, 1.807) is 25.1 Å². The summed E-state index contributed by atoms with van der Waals surface area (Å²) < 4.78 is 1.41. The molecule has 3 rings (SSSR count). The zero-order valence-electron chi connectivity index (χ0n) is 11.4. The molecule has 2 heterocycles. The molecule has 0 fully saturated rings. The van der Waals surface area contributed by atoms with E-state index in [4.69, 9.17) is 23.2 Å². The number of anilines is 2. The predicted octanol–water partition coefficient (Wildman–Crippen LogP) is 2.42. The van der Waals surface area contributed by atoms with E-state index < -0.39 is 6.04 Å². The molecule has 1 aliphatic heterocycles. The minimum Gasteiger partial charge on any atom is -0.325 e. The number of aromatic nitrogens is 3. The highest BCUT2D eigenvalue weighted by atomic mass is 35.5. The van der Waals surface area contributed by atoms with Crippen LogP contribution in [0.3, 0.4) is 0 Å². The highest BCUT2D eigenvalue weighted by Crippen LogP contribution is 2.28. The van der Waals surface area contributed by atoms with Crippen LogP contribution >= 0.6 is 23.2 Å². The van der Waals surface area contributed by atoms with Crippen molar-refractivity contribution in [2.45, 2.75) is 19.4 Å². The quantitative estimate of drug-likeness (QED) is 0.898. The van der Waals surface area contributed by atoms with E-state index in [1.807, 2.05) is 0 Å². The first kappa shape index (κ1) is 14.8. The minimum absolute atomic E-state index is 0.0789. The number of nitrogens with one attached hydrogen (secondary N) is 2. The lowest BCUT2D eigenvalue weighted by Crippen LogP contribution is -2.24. The molecule has 1 aliphatic rings. The topological polar surface area (TPSA) is 88.9 Å². The minimum atomic E-state index is -0.728. The molecule has 1 atom stereocenters. The van der Waals surface area contributed by atoms with Gasteiger partial charge in [-0.15, -0.1) is 0 Å². The van der Waals surface area contributed by atoms with Crippen molar-refractivity contribution in [2.24, 2.45) is 0 Å². The van der Waals surface area contributed by atoms with Crippen LogP contribution in [-0.2, 0) is 9.59 Å². The Morgan fingerprint density at radius 3 is 3.00 bits per heavy atom. The molecule has 0 saturated carbocycles. The zero-order chi connectivity index (χ0) is 15.9. The largest absolute Gasteiger partial charge is 0.325 e. The monoisotopic (exact) mass is 339 g/mol.